The monoisotopic (exact) mass is 363 g/mol. The van der Waals surface area contributed by atoms with Crippen LogP contribution in [0.4, 0.5) is 0 Å². The number of nitrogens with one attached hydrogen (secondary N) is 1. The first-order chi connectivity index (χ1) is 13.0. The summed E-state index contributed by atoms with van der Waals surface area (Å²) in [6.45, 7) is 6.70. The van der Waals surface area contributed by atoms with Gasteiger partial charge in [-0.05, 0) is 62.2 Å². The minimum atomic E-state index is -0.0871. The number of carbonyl (C=O) groups is 1. The van der Waals surface area contributed by atoms with Gasteiger partial charge in [-0.3, -0.25) is 9.48 Å². The lowest BCUT2D eigenvalue weighted by Crippen LogP contribution is -2.26. The lowest BCUT2D eigenvalue weighted by molar-refractivity contribution is 0.0940. The second-order valence-corrected chi connectivity index (χ2v) is 6.75. The maximum Gasteiger partial charge on any atom is 0.251 e. The molecule has 5 heteroatoms. The Hall–Kier alpha value is -3.08. The van der Waals surface area contributed by atoms with E-state index < -0.39 is 0 Å². The molecule has 0 fully saturated rings. The van der Waals surface area contributed by atoms with Crippen LogP contribution in [0.5, 0.6) is 5.75 Å². The third-order valence-electron chi connectivity index (χ3n) is 4.62. The second-order valence-electron chi connectivity index (χ2n) is 6.75. The van der Waals surface area contributed by atoms with Gasteiger partial charge in [-0.25, -0.2) is 0 Å². The molecule has 0 aliphatic rings. The van der Waals surface area contributed by atoms with Crippen LogP contribution in [-0.2, 0) is 6.54 Å². The van der Waals surface area contributed by atoms with Gasteiger partial charge in [0.2, 0.25) is 0 Å². The van der Waals surface area contributed by atoms with Gasteiger partial charge in [0.15, 0.2) is 0 Å². The van der Waals surface area contributed by atoms with E-state index in [0.717, 1.165) is 28.3 Å². The Bertz CT molecular complexity index is 912. The largest absolute Gasteiger partial charge is 0.497 e. The Morgan fingerprint density at radius 1 is 1.11 bits per heavy atom. The molecule has 1 unspecified atom stereocenters. The maximum atomic E-state index is 12.5. The molecule has 27 heavy (non-hydrogen) atoms. The molecule has 1 amide bonds. The molecular formula is C22H25N3O2. The summed E-state index contributed by atoms with van der Waals surface area (Å²) in [5, 5.41) is 7.51. The molecule has 5 nitrogen and oxygen atoms in total. The van der Waals surface area contributed by atoms with Gasteiger partial charge >= 0.3 is 0 Å². The predicted octanol–water partition coefficient (Wildman–Crippen LogP) is 4.05. The zero-order chi connectivity index (χ0) is 19.4. The molecule has 1 heterocycles. The molecule has 0 aliphatic heterocycles. The summed E-state index contributed by atoms with van der Waals surface area (Å²) < 4.78 is 7.14. The van der Waals surface area contributed by atoms with Gasteiger partial charge in [0.1, 0.15) is 5.75 Å². The molecule has 2 aromatic carbocycles. The fraction of sp³-hybridized carbons (Fsp3) is 0.273. The van der Waals surface area contributed by atoms with Crippen LogP contribution >= 0.6 is 0 Å². The van der Waals surface area contributed by atoms with E-state index in [2.05, 4.69) is 16.5 Å². The Balaban J connectivity index is 1.63. The Morgan fingerprint density at radius 3 is 2.33 bits per heavy atom. The number of amides is 1. The van der Waals surface area contributed by atoms with E-state index in [1.807, 2.05) is 74.0 Å². The van der Waals surface area contributed by atoms with Crippen molar-refractivity contribution in [1.29, 1.82) is 0 Å². The standard InChI is InChI=1S/C22H25N3O2/c1-15-13-16(2)25(24-15)14-18-5-7-20(8-6-18)22(26)23-17(3)19-9-11-21(27-4)12-10-19/h5-13,17H,14H2,1-4H3,(H,23,26). The van der Waals surface area contributed by atoms with Gasteiger partial charge in [0, 0.05) is 11.3 Å². The molecular weight excluding hydrogens is 338 g/mol. The van der Waals surface area contributed by atoms with E-state index in [0.29, 0.717) is 12.1 Å². The van der Waals surface area contributed by atoms with Crippen molar-refractivity contribution in [3.8, 4) is 5.75 Å². The van der Waals surface area contributed by atoms with Gasteiger partial charge < -0.3 is 10.1 Å². The van der Waals surface area contributed by atoms with Gasteiger partial charge in [0.05, 0.1) is 25.4 Å². The lowest BCUT2D eigenvalue weighted by Gasteiger charge is -2.15. The van der Waals surface area contributed by atoms with Crippen molar-refractivity contribution >= 4 is 5.91 Å². The van der Waals surface area contributed by atoms with E-state index in [-0.39, 0.29) is 11.9 Å². The number of hydrogen-bond acceptors (Lipinski definition) is 3. The average Bonchev–Trinajstić information content (AvgIpc) is 2.99. The summed E-state index contributed by atoms with van der Waals surface area (Å²) in [4.78, 5) is 12.5. The lowest BCUT2D eigenvalue weighted by atomic mass is 10.1. The predicted molar refractivity (Wildman–Crippen MR) is 106 cm³/mol. The van der Waals surface area contributed by atoms with Crippen molar-refractivity contribution < 1.29 is 9.53 Å². The highest BCUT2D eigenvalue weighted by atomic mass is 16.5. The number of benzene rings is 2. The minimum Gasteiger partial charge on any atom is -0.497 e. The first kappa shape index (κ1) is 18.7. The molecule has 140 valence electrons. The van der Waals surface area contributed by atoms with Crippen molar-refractivity contribution in [2.75, 3.05) is 7.11 Å². The van der Waals surface area contributed by atoms with Crippen molar-refractivity contribution in [3.05, 3.63) is 82.7 Å². The summed E-state index contributed by atoms with van der Waals surface area (Å²) in [5.41, 5.74) is 4.93. The van der Waals surface area contributed by atoms with Crippen molar-refractivity contribution in [2.24, 2.45) is 0 Å². The van der Waals surface area contributed by atoms with E-state index in [4.69, 9.17) is 4.74 Å². The zero-order valence-corrected chi connectivity index (χ0v) is 16.2. The van der Waals surface area contributed by atoms with Crippen LogP contribution in [0, 0.1) is 13.8 Å². The highest BCUT2D eigenvalue weighted by molar-refractivity contribution is 5.94. The van der Waals surface area contributed by atoms with E-state index in [9.17, 15) is 4.79 Å². The topological polar surface area (TPSA) is 56.1 Å². The van der Waals surface area contributed by atoms with Gasteiger partial charge in [-0.15, -0.1) is 0 Å². The fourth-order valence-electron chi connectivity index (χ4n) is 3.03. The Morgan fingerprint density at radius 2 is 1.78 bits per heavy atom. The average molecular weight is 363 g/mol. The van der Waals surface area contributed by atoms with Crippen molar-refractivity contribution in [3.63, 3.8) is 0 Å². The molecule has 0 saturated heterocycles. The quantitative estimate of drug-likeness (QED) is 0.719. The number of aryl methyl sites for hydroxylation is 2. The van der Waals surface area contributed by atoms with Crippen LogP contribution in [-0.4, -0.2) is 22.8 Å². The van der Waals surface area contributed by atoms with Crippen LogP contribution in [0.3, 0.4) is 0 Å². The van der Waals surface area contributed by atoms with E-state index in [1.54, 1.807) is 7.11 Å². The number of carbonyl (C=O) groups excluding carboxylic acids is 1. The Labute approximate surface area is 160 Å². The number of rotatable bonds is 6. The Kier molecular flexibility index (Phi) is 5.60. The number of methoxy groups -OCH3 is 1. The van der Waals surface area contributed by atoms with Crippen molar-refractivity contribution in [2.45, 2.75) is 33.4 Å². The van der Waals surface area contributed by atoms with Crippen LogP contribution in [0.1, 0.15) is 45.8 Å². The molecule has 0 radical (unpaired) electrons. The summed E-state index contributed by atoms with van der Waals surface area (Å²) in [6, 6.07) is 17.3. The molecule has 1 aromatic heterocycles. The first-order valence-corrected chi connectivity index (χ1v) is 9.01. The molecule has 0 aliphatic carbocycles. The van der Waals surface area contributed by atoms with Crippen LogP contribution in [0.15, 0.2) is 54.6 Å². The SMILES string of the molecule is COc1ccc(C(C)NC(=O)c2ccc(Cn3nc(C)cc3C)cc2)cc1. The van der Waals surface area contributed by atoms with Gasteiger partial charge in [-0.1, -0.05) is 24.3 Å². The third kappa shape index (κ3) is 4.56. The van der Waals surface area contributed by atoms with Crippen LogP contribution < -0.4 is 10.1 Å². The highest BCUT2D eigenvalue weighted by Crippen LogP contribution is 2.18. The van der Waals surface area contributed by atoms with Gasteiger partial charge in [-0.2, -0.15) is 5.10 Å². The maximum absolute atomic E-state index is 12.5. The van der Waals surface area contributed by atoms with Crippen LogP contribution in [0.25, 0.3) is 0 Å². The minimum absolute atomic E-state index is 0.0854. The molecule has 0 bridgehead atoms. The normalized spacial score (nSPS) is 11.9. The molecule has 3 aromatic rings. The van der Waals surface area contributed by atoms with Crippen molar-refractivity contribution in [1.82, 2.24) is 15.1 Å². The zero-order valence-electron chi connectivity index (χ0n) is 16.2. The fourth-order valence-corrected chi connectivity index (χ4v) is 3.03. The molecule has 0 spiro atoms. The summed E-state index contributed by atoms with van der Waals surface area (Å²) >= 11 is 0. The molecule has 1 N–H and O–H groups in total. The number of nitrogens with zero attached hydrogens (tertiary/aromatic N) is 2. The third-order valence-corrected chi connectivity index (χ3v) is 4.62. The summed E-state index contributed by atoms with van der Waals surface area (Å²) in [7, 11) is 1.64. The molecule has 3 rings (SSSR count). The molecule has 1 atom stereocenters. The van der Waals surface area contributed by atoms with Crippen LogP contribution in [0.2, 0.25) is 0 Å². The second kappa shape index (κ2) is 8.08. The van der Waals surface area contributed by atoms with E-state index >= 15 is 0 Å². The number of aromatic nitrogens is 2. The smallest absolute Gasteiger partial charge is 0.251 e. The van der Waals surface area contributed by atoms with Gasteiger partial charge in [0.25, 0.3) is 5.91 Å². The number of hydrogen-bond donors (Lipinski definition) is 1. The van der Waals surface area contributed by atoms with E-state index in [1.165, 1.54) is 0 Å². The highest BCUT2D eigenvalue weighted by Gasteiger charge is 2.12. The summed E-state index contributed by atoms with van der Waals surface area (Å²) in [6.07, 6.45) is 0. The summed E-state index contributed by atoms with van der Waals surface area (Å²) in [5.74, 6) is 0.714. The first-order valence-electron chi connectivity index (χ1n) is 9.01. The number of ether oxygens (including phenoxy) is 1. The molecule has 0 saturated carbocycles.